The zero-order valence-electron chi connectivity index (χ0n) is 10.8. The standard InChI is InChI=1S/C14H18N2O/c1-5-11-9(2)16-13-7-6-10(17-4)8-12(13)14(11)15-3/h6-8H,5H2,1-4H3,(H,15,16). The van der Waals surface area contributed by atoms with Crippen LogP contribution in [-0.2, 0) is 6.42 Å². The first-order valence-corrected chi connectivity index (χ1v) is 5.86. The number of aryl methyl sites for hydroxylation is 1. The molecule has 0 bridgehead atoms. The van der Waals surface area contributed by atoms with Crippen molar-refractivity contribution in [1.82, 2.24) is 4.98 Å². The lowest BCUT2D eigenvalue weighted by molar-refractivity contribution is 0.415. The summed E-state index contributed by atoms with van der Waals surface area (Å²) in [6.07, 6.45) is 0.974. The lowest BCUT2D eigenvalue weighted by Gasteiger charge is -2.14. The Morgan fingerprint density at radius 1 is 1.35 bits per heavy atom. The van der Waals surface area contributed by atoms with E-state index in [0.717, 1.165) is 34.5 Å². The van der Waals surface area contributed by atoms with Crippen molar-refractivity contribution in [3.05, 3.63) is 29.5 Å². The number of aromatic nitrogens is 1. The fourth-order valence-electron chi connectivity index (χ4n) is 2.25. The topological polar surface area (TPSA) is 34.1 Å². The van der Waals surface area contributed by atoms with Gasteiger partial charge in [-0.3, -0.25) is 4.98 Å². The van der Waals surface area contributed by atoms with E-state index in [0.29, 0.717) is 0 Å². The molecule has 2 aromatic rings. The summed E-state index contributed by atoms with van der Waals surface area (Å²) in [4.78, 5) is 4.63. The van der Waals surface area contributed by atoms with Crippen LogP contribution >= 0.6 is 0 Å². The Balaban J connectivity index is 2.80. The van der Waals surface area contributed by atoms with Crippen LogP contribution in [0.1, 0.15) is 18.2 Å². The Labute approximate surface area is 102 Å². The van der Waals surface area contributed by atoms with E-state index in [9.17, 15) is 0 Å². The van der Waals surface area contributed by atoms with Gasteiger partial charge >= 0.3 is 0 Å². The third-order valence-electron chi connectivity index (χ3n) is 3.10. The van der Waals surface area contributed by atoms with Gasteiger partial charge in [0.05, 0.1) is 12.6 Å². The monoisotopic (exact) mass is 230 g/mol. The maximum absolute atomic E-state index is 5.27. The van der Waals surface area contributed by atoms with Crippen LogP contribution in [-0.4, -0.2) is 19.1 Å². The number of fused-ring (bicyclic) bond motifs is 1. The van der Waals surface area contributed by atoms with Crippen molar-refractivity contribution in [2.45, 2.75) is 20.3 Å². The van der Waals surface area contributed by atoms with Gasteiger partial charge < -0.3 is 10.1 Å². The smallest absolute Gasteiger partial charge is 0.119 e. The molecule has 0 aliphatic carbocycles. The molecular weight excluding hydrogens is 212 g/mol. The third-order valence-corrected chi connectivity index (χ3v) is 3.10. The van der Waals surface area contributed by atoms with Gasteiger partial charge in [-0.15, -0.1) is 0 Å². The maximum atomic E-state index is 5.27. The van der Waals surface area contributed by atoms with E-state index in [1.165, 1.54) is 5.56 Å². The van der Waals surface area contributed by atoms with Crippen molar-refractivity contribution in [3.8, 4) is 5.75 Å². The Hall–Kier alpha value is -1.77. The second kappa shape index (κ2) is 4.62. The van der Waals surface area contributed by atoms with Crippen LogP contribution in [0.15, 0.2) is 18.2 Å². The summed E-state index contributed by atoms with van der Waals surface area (Å²) in [6, 6.07) is 5.98. The SMILES string of the molecule is CCc1c(C)nc2ccc(OC)cc2c1NC. The minimum absolute atomic E-state index is 0.863. The molecule has 0 saturated carbocycles. The van der Waals surface area contributed by atoms with Crippen molar-refractivity contribution >= 4 is 16.6 Å². The number of hydrogen-bond acceptors (Lipinski definition) is 3. The number of pyridine rings is 1. The molecule has 1 aromatic carbocycles. The number of nitrogens with one attached hydrogen (secondary N) is 1. The summed E-state index contributed by atoms with van der Waals surface area (Å²) in [6.45, 7) is 4.21. The third kappa shape index (κ3) is 1.93. The number of nitrogens with zero attached hydrogens (tertiary/aromatic N) is 1. The average Bonchev–Trinajstić information content (AvgIpc) is 2.36. The highest BCUT2D eigenvalue weighted by atomic mass is 16.5. The summed E-state index contributed by atoms with van der Waals surface area (Å²) in [7, 11) is 3.63. The predicted octanol–water partition coefficient (Wildman–Crippen LogP) is 3.16. The highest BCUT2D eigenvalue weighted by molar-refractivity contribution is 5.94. The second-order valence-corrected chi connectivity index (χ2v) is 4.04. The number of benzene rings is 1. The van der Waals surface area contributed by atoms with Gasteiger partial charge in [-0.1, -0.05) is 6.92 Å². The predicted molar refractivity (Wildman–Crippen MR) is 72.0 cm³/mol. The summed E-state index contributed by atoms with van der Waals surface area (Å²) in [5, 5.41) is 4.41. The van der Waals surface area contributed by atoms with Gasteiger partial charge in [-0.2, -0.15) is 0 Å². The van der Waals surface area contributed by atoms with Crippen molar-refractivity contribution in [1.29, 1.82) is 0 Å². The van der Waals surface area contributed by atoms with E-state index < -0.39 is 0 Å². The van der Waals surface area contributed by atoms with E-state index in [2.05, 4.69) is 24.1 Å². The van der Waals surface area contributed by atoms with Crippen molar-refractivity contribution in [2.24, 2.45) is 0 Å². The first-order chi connectivity index (χ1) is 8.21. The summed E-state index contributed by atoms with van der Waals surface area (Å²) < 4.78 is 5.27. The van der Waals surface area contributed by atoms with Crippen molar-refractivity contribution in [2.75, 3.05) is 19.5 Å². The zero-order chi connectivity index (χ0) is 12.4. The van der Waals surface area contributed by atoms with Gasteiger partial charge in [0.25, 0.3) is 0 Å². The maximum Gasteiger partial charge on any atom is 0.119 e. The fourth-order valence-corrected chi connectivity index (χ4v) is 2.25. The Morgan fingerprint density at radius 2 is 2.12 bits per heavy atom. The molecule has 0 amide bonds. The molecule has 1 heterocycles. The number of rotatable bonds is 3. The molecule has 1 N–H and O–H groups in total. The molecule has 0 fully saturated rings. The molecule has 17 heavy (non-hydrogen) atoms. The molecule has 90 valence electrons. The fraction of sp³-hybridized carbons (Fsp3) is 0.357. The molecule has 0 atom stereocenters. The minimum atomic E-state index is 0.863. The molecule has 3 heteroatoms. The highest BCUT2D eigenvalue weighted by Gasteiger charge is 2.10. The molecule has 0 aliphatic heterocycles. The first-order valence-electron chi connectivity index (χ1n) is 5.86. The zero-order valence-corrected chi connectivity index (χ0v) is 10.8. The van der Waals surface area contributed by atoms with Gasteiger partial charge in [-0.05, 0) is 37.1 Å². The number of hydrogen-bond donors (Lipinski definition) is 1. The van der Waals surface area contributed by atoms with E-state index in [1.807, 2.05) is 25.2 Å². The average molecular weight is 230 g/mol. The van der Waals surface area contributed by atoms with E-state index >= 15 is 0 Å². The van der Waals surface area contributed by atoms with Gasteiger partial charge in [-0.25, -0.2) is 0 Å². The number of ether oxygens (including phenoxy) is 1. The molecule has 2 rings (SSSR count). The van der Waals surface area contributed by atoms with E-state index in [-0.39, 0.29) is 0 Å². The molecule has 0 aliphatic rings. The van der Waals surface area contributed by atoms with Crippen LogP contribution in [0.5, 0.6) is 5.75 Å². The van der Waals surface area contributed by atoms with Crippen LogP contribution in [0.2, 0.25) is 0 Å². The molecular formula is C14H18N2O. The van der Waals surface area contributed by atoms with Crippen LogP contribution in [0.25, 0.3) is 10.9 Å². The quantitative estimate of drug-likeness (QED) is 0.879. The van der Waals surface area contributed by atoms with Crippen LogP contribution in [0.3, 0.4) is 0 Å². The van der Waals surface area contributed by atoms with Crippen LogP contribution in [0.4, 0.5) is 5.69 Å². The lowest BCUT2D eigenvalue weighted by atomic mass is 10.0. The summed E-state index contributed by atoms with van der Waals surface area (Å²) in [5.74, 6) is 0.863. The van der Waals surface area contributed by atoms with Gasteiger partial charge in [0.1, 0.15) is 5.75 Å². The lowest BCUT2D eigenvalue weighted by Crippen LogP contribution is -2.01. The van der Waals surface area contributed by atoms with Gasteiger partial charge in [0.2, 0.25) is 0 Å². The highest BCUT2D eigenvalue weighted by Crippen LogP contribution is 2.31. The van der Waals surface area contributed by atoms with Crippen LogP contribution < -0.4 is 10.1 Å². The summed E-state index contributed by atoms with van der Waals surface area (Å²) in [5.41, 5.74) is 4.53. The molecule has 1 aromatic heterocycles. The molecule has 3 nitrogen and oxygen atoms in total. The Kier molecular flexibility index (Phi) is 3.18. The normalized spacial score (nSPS) is 10.6. The second-order valence-electron chi connectivity index (χ2n) is 4.04. The van der Waals surface area contributed by atoms with Gasteiger partial charge in [0.15, 0.2) is 0 Å². The van der Waals surface area contributed by atoms with E-state index in [1.54, 1.807) is 7.11 Å². The number of anilines is 1. The van der Waals surface area contributed by atoms with Crippen molar-refractivity contribution in [3.63, 3.8) is 0 Å². The Bertz CT molecular complexity index is 549. The molecule has 0 unspecified atom stereocenters. The molecule has 0 saturated heterocycles. The molecule has 0 spiro atoms. The van der Waals surface area contributed by atoms with Crippen LogP contribution in [0, 0.1) is 6.92 Å². The largest absolute Gasteiger partial charge is 0.497 e. The molecule has 0 radical (unpaired) electrons. The van der Waals surface area contributed by atoms with Crippen molar-refractivity contribution < 1.29 is 4.74 Å². The first kappa shape index (κ1) is 11.7. The number of methoxy groups -OCH3 is 1. The summed E-state index contributed by atoms with van der Waals surface area (Å²) >= 11 is 0. The van der Waals surface area contributed by atoms with E-state index in [4.69, 9.17) is 4.74 Å². The Morgan fingerprint density at radius 3 is 2.71 bits per heavy atom. The van der Waals surface area contributed by atoms with Gasteiger partial charge in [0, 0.05) is 23.8 Å². The minimum Gasteiger partial charge on any atom is -0.497 e.